The second-order valence-corrected chi connectivity index (χ2v) is 6.85. The fourth-order valence-electron chi connectivity index (χ4n) is 3.71. The zero-order chi connectivity index (χ0) is 16.0. The van der Waals surface area contributed by atoms with Crippen molar-refractivity contribution in [1.29, 1.82) is 0 Å². The molecule has 1 aliphatic carbocycles. The van der Waals surface area contributed by atoms with Crippen molar-refractivity contribution in [2.45, 2.75) is 44.9 Å². The minimum atomic E-state index is 0.189. The minimum absolute atomic E-state index is 0.189. The van der Waals surface area contributed by atoms with Gasteiger partial charge < -0.3 is 14.5 Å². The van der Waals surface area contributed by atoms with Crippen molar-refractivity contribution in [3.8, 4) is 0 Å². The molecule has 1 saturated carbocycles. The van der Waals surface area contributed by atoms with Crippen molar-refractivity contribution < 1.29 is 4.74 Å². The van der Waals surface area contributed by atoms with Crippen molar-refractivity contribution in [1.82, 2.24) is 4.98 Å². The van der Waals surface area contributed by atoms with E-state index < -0.39 is 0 Å². The maximum Gasteiger partial charge on any atom is 0.129 e. The van der Waals surface area contributed by atoms with E-state index in [1.165, 1.54) is 36.0 Å². The van der Waals surface area contributed by atoms with Gasteiger partial charge >= 0.3 is 0 Å². The molecular formula is C19H25N3O. The second-order valence-electron chi connectivity index (χ2n) is 6.85. The van der Waals surface area contributed by atoms with Gasteiger partial charge in [0.25, 0.3) is 0 Å². The summed E-state index contributed by atoms with van der Waals surface area (Å²) in [7, 11) is 4.00. The number of hydrogen-bond donors (Lipinski definition) is 0. The molecule has 1 aliphatic heterocycles. The van der Waals surface area contributed by atoms with Gasteiger partial charge in [-0.25, -0.2) is 0 Å². The molecule has 23 heavy (non-hydrogen) atoms. The van der Waals surface area contributed by atoms with Gasteiger partial charge in [-0.05, 0) is 56.9 Å². The van der Waals surface area contributed by atoms with Gasteiger partial charge in [0.05, 0.1) is 5.52 Å². The monoisotopic (exact) mass is 311 g/mol. The Morgan fingerprint density at radius 3 is 2.78 bits per heavy atom. The molecule has 0 radical (unpaired) electrons. The van der Waals surface area contributed by atoms with Gasteiger partial charge in [0.15, 0.2) is 0 Å². The van der Waals surface area contributed by atoms with Crippen LogP contribution in [0.3, 0.4) is 0 Å². The van der Waals surface area contributed by atoms with Crippen LogP contribution in [0, 0.1) is 6.92 Å². The number of aromatic nitrogens is 1. The number of fused-ring (bicyclic) bond motifs is 1. The number of aryl methyl sites for hydroxylation is 1. The van der Waals surface area contributed by atoms with E-state index in [0.29, 0.717) is 6.04 Å². The van der Waals surface area contributed by atoms with Gasteiger partial charge in [0, 0.05) is 49.2 Å². The molecule has 4 heteroatoms. The van der Waals surface area contributed by atoms with Crippen LogP contribution in [-0.4, -0.2) is 38.0 Å². The van der Waals surface area contributed by atoms with Crippen molar-refractivity contribution in [3.63, 3.8) is 0 Å². The van der Waals surface area contributed by atoms with E-state index in [4.69, 9.17) is 9.72 Å². The highest BCUT2D eigenvalue weighted by Gasteiger charge is 2.28. The van der Waals surface area contributed by atoms with Gasteiger partial charge in [-0.2, -0.15) is 0 Å². The Morgan fingerprint density at radius 2 is 2.04 bits per heavy atom. The molecule has 4 rings (SSSR count). The predicted molar refractivity (Wildman–Crippen MR) is 95.3 cm³/mol. The van der Waals surface area contributed by atoms with Crippen LogP contribution < -0.4 is 9.80 Å². The molecule has 2 aromatic rings. The van der Waals surface area contributed by atoms with Crippen LogP contribution in [0.5, 0.6) is 0 Å². The van der Waals surface area contributed by atoms with Crippen molar-refractivity contribution in [2.75, 3.05) is 30.5 Å². The van der Waals surface area contributed by atoms with Crippen LogP contribution in [0.1, 0.15) is 31.4 Å². The van der Waals surface area contributed by atoms with Crippen molar-refractivity contribution in [2.24, 2.45) is 0 Å². The Hall–Kier alpha value is -1.81. The number of nitrogens with zero attached hydrogens (tertiary/aromatic N) is 3. The summed E-state index contributed by atoms with van der Waals surface area (Å²) in [5, 5.41) is 1.23. The van der Waals surface area contributed by atoms with Crippen LogP contribution in [0.15, 0.2) is 24.3 Å². The zero-order valence-electron chi connectivity index (χ0n) is 14.2. The van der Waals surface area contributed by atoms with Crippen LogP contribution in [-0.2, 0) is 4.74 Å². The first-order valence-corrected chi connectivity index (χ1v) is 8.61. The number of hydrogen-bond acceptors (Lipinski definition) is 4. The van der Waals surface area contributed by atoms with E-state index in [1.54, 1.807) is 0 Å². The summed E-state index contributed by atoms with van der Waals surface area (Å²) in [5.74, 6) is 0. The lowest BCUT2D eigenvalue weighted by Crippen LogP contribution is -2.30. The van der Waals surface area contributed by atoms with E-state index in [0.717, 1.165) is 24.2 Å². The maximum atomic E-state index is 5.67. The summed E-state index contributed by atoms with van der Waals surface area (Å²) >= 11 is 0. The fourth-order valence-corrected chi connectivity index (χ4v) is 3.71. The van der Waals surface area contributed by atoms with Crippen LogP contribution in [0.2, 0.25) is 0 Å². The molecule has 1 atom stereocenters. The number of anilines is 2. The van der Waals surface area contributed by atoms with E-state index in [2.05, 4.69) is 48.0 Å². The first-order valence-electron chi connectivity index (χ1n) is 8.61. The fraction of sp³-hybridized carbons (Fsp3) is 0.526. The standard InChI is InChI=1S/C19H25N3O/c1-13-11-18(22-10-4-5-19(22)23-3)16-9-8-15(12-17(16)20-13)21(2)14-6-7-14/h8-9,11-12,14,19H,4-7,10H2,1-3H3/t19-/m1/s1. The summed E-state index contributed by atoms with van der Waals surface area (Å²) in [6, 6.07) is 9.62. The first-order chi connectivity index (χ1) is 11.2. The van der Waals surface area contributed by atoms with E-state index in [-0.39, 0.29) is 6.23 Å². The van der Waals surface area contributed by atoms with E-state index >= 15 is 0 Å². The Balaban J connectivity index is 1.78. The number of rotatable bonds is 4. The average Bonchev–Trinajstić information content (AvgIpc) is 3.30. The molecule has 1 aromatic carbocycles. The van der Waals surface area contributed by atoms with Gasteiger partial charge in [-0.15, -0.1) is 0 Å². The van der Waals surface area contributed by atoms with E-state index in [9.17, 15) is 0 Å². The average molecular weight is 311 g/mol. The lowest BCUT2D eigenvalue weighted by atomic mass is 10.1. The van der Waals surface area contributed by atoms with Crippen molar-refractivity contribution in [3.05, 3.63) is 30.0 Å². The van der Waals surface area contributed by atoms with Crippen molar-refractivity contribution >= 4 is 22.3 Å². The van der Waals surface area contributed by atoms with Gasteiger partial charge in [-0.3, -0.25) is 4.98 Å². The number of methoxy groups -OCH3 is 1. The third-order valence-electron chi connectivity index (χ3n) is 5.18. The molecule has 0 spiro atoms. The highest BCUT2D eigenvalue weighted by atomic mass is 16.5. The lowest BCUT2D eigenvalue weighted by molar-refractivity contribution is 0.111. The summed E-state index contributed by atoms with van der Waals surface area (Å²) in [6.45, 7) is 3.14. The third kappa shape index (κ3) is 2.65. The highest BCUT2D eigenvalue weighted by molar-refractivity contribution is 5.94. The molecule has 0 N–H and O–H groups in total. The smallest absolute Gasteiger partial charge is 0.129 e. The highest BCUT2D eigenvalue weighted by Crippen LogP contribution is 2.36. The van der Waals surface area contributed by atoms with Gasteiger partial charge in [-0.1, -0.05) is 0 Å². The SMILES string of the molecule is CO[C@@H]1CCCN1c1cc(C)nc2cc(N(C)C3CC3)ccc12. The summed E-state index contributed by atoms with van der Waals surface area (Å²) < 4.78 is 5.67. The molecule has 2 aliphatic rings. The molecule has 0 unspecified atom stereocenters. The normalized spacial score (nSPS) is 21.2. The quantitative estimate of drug-likeness (QED) is 0.860. The molecule has 1 saturated heterocycles. The third-order valence-corrected chi connectivity index (χ3v) is 5.18. The zero-order valence-corrected chi connectivity index (χ0v) is 14.2. The Labute approximate surface area is 138 Å². The molecule has 4 nitrogen and oxygen atoms in total. The molecule has 2 heterocycles. The number of benzene rings is 1. The second kappa shape index (κ2) is 5.68. The molecule has 122 valence electrons. The number of pyridine rings is 1. The molecular weight excluding hydrogens is 286 g/mol. The molecule has 1 aromatic heterocycles. The van der Waals surface area contributed by atoms with E-state index in [1.807, 2.05) is 7.11 Å². The molecule has 2 fully saturated rings. The van der Waals surface area contributed by atoms with Crippen LogP contribution in [0.25, 0.3) is 10.9 Å². The Bertz CT molecular complexity index is 726. The largest absolute Gasteiger partial charge is 0.372 e. The van der Waals surface area contributed by atoms with Gasteiger partial charge in [0.2, 0.25) is 0 Å². The van der Waals surface area contributed by atoms with Gasteiger partial charge in [0.1, 0.15) is 6.23 Å². The summed E-state index contributed by atoms with van der Waals surface area (Å²) in [5.41, 5.74) is 4.69. The Morgan fingerprint density at radius 1 is 1.22 bits per heavy atom. The van der Waals surface area contributed by atoms with Crippen LogP contribution >= 0.6 is 0 Å². The summed E-state index contributed by atoms with van der Waals surface area (Å²) in [4.78, 5) is 9.56. The number of ether oxygens (including phenoxy) is 1. The maximum absolute atomic E-state index is 5.67. The summed E-state index contributed by atoms with van der Waals surface area (Å²) in [6.07, 6.45) is 5.09. The molecule has 0 bridgehead atoms. The minimum Gasteiger partial charge on any atom is -0.372 e. The van der Waals surface area contributed by atoms with Crippen LogP contribution in [0.4, 0.5) is 11.4 Å². The lowest BCUT2D eigenvalue weighted by Gasteiger charge is -2.27. The topological polar surface area (TPSA) is 28.6 Å². The molecule has 0 amide bonds. The first kappa shape index (κ1) is 14.8. The predicted octanol–water partition coefficient (Wildman–Crippen LogP) is 3.71. The Kier molecular flexibility index (Phi) is 3.64.